The van der Waals surface area contributed by atoms with Crippen molar-refractivity contribution in [3.8, 4) is 11.1 Å². The van der Waals surface area contributed by atoms with Gasteiger partial charge in [0.2, 0.25) is 0 Å². The van der Waals surface area contributed by atoms with Crippen molar-refractivity contribution >= 4 is 11.4 Å². The molecule has 5 rings (SSSR count). The van der Waals surface area contributed by atoms with Crippen LogP contribution in [0.3, 0.4) is 0 Å². The molecule has 1 N–H and O–H groups in total. The summed E-state index contributed by atoms with van der Waals surface area (Å²) in [6.45, 7) is 10.2. The minimum absolute atomic E-state index is 0.0497. The summed E-state index contributed by atoms with van der Waals surface area (Å²) < 4.78 is 19.1. The minimum atomic E-state index is -1.25. The average Bonchev–Trinajstić information content (AvgIpc) is 3.33. The van der Waals surface area contributed by atoms with Gasteiger partial charge in [0, 0.05) is 13.0 Å². The molecule has 6 nitrogen and oxygen atoms in total. The number of benzene rings is 4. The second kappa shape index (κ2) is 14.2. The average molecular weight is 607 g/mol. The summed E-state index contributed by atoms with van der Waals surface area (Å²) in [7, 11) is 0. The van der Waals surface area contributed by atoms with E-state index in [-0.39, 0.29) is 11.1 Å². The zero-order valence-corrected chi connectivity index (χ0v) is 26.9. The Morgan fingerprint density at radius 2 is 1.45 bits per heavy atom. The monoisotopic (exact) mass is 606 g/mol. The first kappa shape index (κ1) is 31.5. The molecule has 1 unspecified atom stereocenters. The largest absolute Gasteiger partial charge is 0.593 e. The van der Waals surface area contributed by atoms with Crippen molar-refractivity contribution in [1.29, 1.82) is 0 Å². The van der Waals surface area contributed by atoms with Gasteiger partial charge in [0.05, 0.1) is 24.5 Å². The zero-order valence-electron chi connectivity index (χ0n) is 26.1. The normalized spacial score (nSPS) is 12.4. The Morgan fingerprint density at radius 1 is 0.795 bits per heavy atom. The van der Waals surface area contributed by atoms with Crippen LogP contribution in [-0.2, 0) is 49.3 Å². The first-order chi connectivity index (χ1) is 21.2. The fraction of sp³-hybridized carbons (Fsp3) is 0.297. The molecule has 5 aromatic rings. The molecule has 0 amide bonds. The molecule has 0 spiro atoms. The van der Waals surface area contributed by atoms with Crippen molar-refractivity contribution in [3.63, 3.8) is 0 Å². The summed E-state index contributed by atoms with van der Waals surface area (Å²) >= 11 is -1.25. The Bertz CT molecular complexity index is 1720. The van der Waals surface area contributed by atoms with Gasteiger partial charge in [0.1, 0.15) is 5.82 Å². The first-order valence-electron chi connectivity index (χ1n) is 15.4. The van der Waals surface area contributed by atoms with E-state index in [1.807, 2.05) is 43.3 Å². The summed E-state index contributed by atoms with van der Waals surface area (Å²) in [5, 5.41) is 4.74. The highest BCUT2D eigenvalue weighted by Gasteiger charge is 2.15. The highest BCUT2D eigenvalue weighted by atomic mass is 32.2. The number of aryl methyl sites for hydroxylation is 2. The zero-order chi connectivity index (χ0) is 31.1. The van der Waals surface area contributed by atoms with Gasteiger partial charge in [-0.2, -0.15) is 5.10 Å². The Morgan fingerprint density at radius 3 is 2.11 bits per heavy atom. The first-order valence-corrected chi connectivity index (χ1v) is 16.5. The molecule has 0 radical (unpaired) electrons. The van der Waals surface area contributed by atoms with Gasteiger partial charge >= 0.3 is 5.69 Å². The molecule has 0 aliphatic rings. The van der Waals surface area contributed by atoms with Crippen LogP contribution >= 0.6 is 0 Å². The van der Waals surface area contributed by atoms with E-state index in [1.54, 1.807) is 9.25 Å². The third kappa shape index (κ3) is 7.97. The quantitative estimate of drug-likeness (QED) is 0.154. The lowest BCUT2D eigenvalue weighted by Gasteiger charge is -2.19. The van der Waals surface area contributed by atoms with Gasteiger partial charge in [-0.3, -0.25) is 4.57 Å². The maximum Gasteiger partial charge on any atom is 0.346 e. The summed E-state index contributed by atoms with van der Waals surface area (Å²) in [5.41, 5.74) is 7.01. The summed E-state index contributed by atoms with van der Waals surface area (Å²) in [4.78, 5) is 13.9. The number of rotatable bonds is 12. The van der Waals surface area contributed by atoms with Crippen LogP contribution in [0.25, 0.3) is 11.1 Å². The molecule has 0 aliphatic heterocycles. The number of aromatic nitrogens is 3. The van der Waals surface area contributed by atoms with Gasteiger partial charge in [-0.1, -0.05) is 106 Å². The number of hydrogen-bond donors (Lipinski definition) is 1. The van der Waals surface area contributed by atoms with Gasteiger partial charge < -0.3 is 4.55 Å². The van der Waals surface area contributed by atoms with Gasteiger partial charge in [-0.05, 0) is 76.8 Å². The fourth-order valence-electron chi connectivity index (χ4n) is 5.37. The Balaban J connectivity index is 1.20. The maximum absolute atomic E-state index is 13.1. The molecule has 0 saturated heterocycles. The lowest BCUT2D eigenvalue weighted by atomic mass is 9.87. The summed E-state index contributed by atoms with van der Waals surface area (Å²) in [5.74, 6) is 0.841. The van der Waals surface area contributed by atoms with Crippen LogP contribution in [0.2, 0.25) is 0 Å². The van der Waals surface area contributed by atoms with E-state index in [9.17, 15) is 9.35 Å². The van der Waals surface area contributed by atoms with Crippen LogP contribution in [-0.4, -0.2) is 18.9 Å². The third-order valence-electron chi connectivity index (χ3n) is 7.89. The Hall–Kier alpha value is -3.91. The van der Waals surface area contributed by atoms with Crippen molar-refractivity contribution in [2.24, 2.45) is 0 Å². The highest BCUT2D eigenvalue weighted by molar-refractivity contribution is 7.89. The molecule has 1 heterocycles. The van der Waals surface area contributed by atoms with E-state index in [2.05, 4.69) is 92.2 Å². The van der Waals surface area contributed by atoms with E-state index < -0.39 is 11.4 Å². The van der Waals surface area contributed by atoms with Crippen LogP contribution < -0.4 is 10.4 Å². The van der Waals surface area contributed by atoms with E-state index in [0.717, 1.165) is 52.2 Å². The van der Waals surface area contributed by atoms with E-state index in [1.165, 1.54) is 11.1 Å². The van der Waals surface area contributed by atoms with E-state index in [4.69, 9.17) is 5.10 Å². The lowest BCUT2D eigenvalue weighted by molar-refractivity contribution is 0.580. The van der Waals surface area contributed by atoms with E-state index in [0.29, 0.717) is 19.6 Å². The lowest BCUT2D eigenvalue weighted by Crippen LogP contribution is -2.25. The fourth-order valence-corrected chi connectivity index (χ4v) is 6.24. The number of nitrogens with zero attached hydrogens (tertiary/aromatic N) is 3. The molecule has 7 heteroatoms. The standard InChI is InChI=1S/C37H42N4O2S/c1-5-40-35(39-41(36(40)42)27-29-20-22-33(23-21-29)37(2,3)4)19-11-13-28-12-9-15-31(24-28)32-16-10-14-30(25-32)26-38-44(43)34-17-7-6-8-18-34/h6-10,12,14-18,20-25,38H,5,11,13,19,26-27H2,1-4H3. The molecule has 4 aromatic carbocycles. The molecular formula is C37H42N4O2S. The van der Waals surface area contributed by atoms with Crippen molar-refractivity contribution < 1.29 is 4.55 Å². The van der Waals surface area contributed by atoms with Crippen molar-refractivity contribution in [2.45, 2.75) is 76.9 Å². The third-order valence-corrected chi connectivity index (χ3v) is 8.99. The Kier molecular flexibility index (Phi) is 10.2. The predicted octanol–water partition coefficient (Wildman–Crippen LogP) is 7.07. The summed E-state index contributed by atoms with van der Waals surface area (Å²) in [6, 6.07) is 34.9. The van der Waals surface area contributed by atoms with Crippen molar-refractivity contribution in [1.82, 2.24) is 19.1 Å². The van der Waals surface area contributed by atoms with Crippen LogP contribution in [0.1, 0.15) is 62.2 Å². The summed E-state index contributed by atoms with van der Waals surface area (Å²) in [6.07, 6.45) is 2.53. The van der Waals surface area contributed by atoms with Crippen molar-refractivity contribution in [3.05, 3.63) is 142 Å². The molecule has 44 heavy (non-hydrogen) atoms. The second-order valence-corrected chi connectivity index (χ2v) is 13.5. The number of nitrogens with one attached hydrogen (secondary N) is 1. The van der Waals surface area contributed by atoms with Gasteiger partial charge in [-0.25, -0.2) is 9.48 Å². The smallest absolute Gasteiger partial charge is 0.346 e. The van der Waals surface area contributed by atoms with Gasteiger partial charge in [-0.15, -0.1) is 4.72 Å². The molecular weight excluding hydrogens is 565 g/mol. The van der Waals surface area contributed by atoms with Crippen LogP contribution in [0.4, 0.5) is 0 Å². The number of hydrogen-bond acceptors (Lipinski definition) is 4. The topological polar surface area (TPSA) is 74.9 Å². The van der Waals surface area contributed by atoms with Crippen LogP contribution in [0.15, 0.2) is 113 Å². The SMILES string of the molecule is CCn1c(CCCc2cccc(-c3cccc(CN[S+]([O-])c4ccccc4)c3)c2)nn(Cc2ccc(C(C)(C)C)cc2)c1=O. The molecule has 1 aromatic heterocycles. The maximum atomic E-state index is 13.1. The minimum Gasteiger partial charge on any atom is -0.593 e. The predicted molar refractivity (Wildman–Crippen MR) is 180 cm³/mol. The van der Waals surface area contributed by atoms with Crippen LogP contribution in [0, 0.1) is 0 Å². The molecule has 1 atom stereocenters. The van der Waals surface area contributed by atoms with Crippen LogP contribution in [0.5, 0.6) is 0 Å². The van der Waals surface area contributed by atoms with Gasteiger partial charge in [0.25, 0.3) is 0 Å². The van der Waals surface area contributed by atoms with E-state index >= 15 is 0 Å². The van der Waals surface area contributed by atoms with Gasteiger partial charge in [0.15, 0.2) is 4.90 Å². The molecule has 0 bridgehead atoms. The molecule has 228 valence electrons. The Labute approximate surface area is 264 Å². The van der Waals surface area contributed by atoms with Crippen molar-refractivity contribution in [2.75, 3.05) is 0 Å². The second-order valence-electron chi connectivity index (χ2n) is 12.2. The molecule has 0 aliphatic carbocycles. The molecule has 0 fully saturated rings. The molecule has 0 saturated carbocycles. The highest BCUT2D eigenvalue weighted by Crippen LogP contribution is 2.24.